The van der Waals surface area contributed by atoms with Gasteiger partial charge in [0.25, 0.3) is 0 Å². The van der Waals surface area contributed by atoms with E-state index in [-0.39, 0.29) is 28.3 Å². The van der Waals surface area contributed by atoms with Crippen LogP contribution in [0.15, 0.2) is 23.4 Å². The molecule has 0 amide bonds. The highest BCUT2D eigenvalue weighted by molar-refractivity contribution is 7.91. The van der Waals surface area contributed by atoms with Crippen molar-refractivity contribution in [2.45, 2.75) is 24.2 Å². The van der Waals surface area contributed by atoms with Crippen molar-refractivity contribution < 1.29 is 22.8 Å². The van der Waals surface area contributed by atoms with Gasteiger partial charge in [-0.25, -0.2) is 8.42 Å². The lowest BCUT2D eigenvalue weighted by Crippen LogP contribution is -2.35. The number of sulfone groups is 1. The van der Waals surface area contributed by atoms with Gasteiger partial charge in [0, 0.05) is 47.8 Å². The Kier molecular flexibility index (Phi) is 4.09. The first-order valence-electron chi connectivity index (χ1n) is 7.30. The van der Waals surface area contributed by atoms with Gasteiger partial charge in [-0.15, -0.1) is 0 Å². The number of ketones is 3. The summed E-state index contributed by atoms with van der Waals surface area (Å²) in [6, 6.07) is 1.19. The highest BCUT2D eigenvalue weighted by atomic mass is 35.5. The number of carbonyl (C=O) groups is 3. The van der Waals surface area contributed by atoms with E-state index in [1.807, 2.05) is 0 Å². The Morgan fingerprint density at radius 2 is 1.75 bits per heavy atom. The zero-order valence-electron chi connectivity index (χ0n) is 12.8. The summed E-state index contributed by atoms with van der Waals surface area (Å²) in [4.78, 5) is 39.7. The van der Waals surface area contributed by atoms with E-state index in [9.17, 15) is 22.8 Å². The minimum absolute atomic E-state index is 0.00826. The normalized spacial score (nSPS) is 16.8. The molecule has 0 spiro atoms. The fraction of sp³-hybridized carbons (Fsp3) is 0.312. The highest BCUT2D eigenvalue weighted by Crippen LogP contribution is 2.35. The van der Waals surface area contributed by atoms with E-state index in [4.69, 9.17) is 11.6 Å². The molecule has 1 heterocycles. The van der Waals surface area contributed by atoms with E-state index >= 15 is 0 Å². The Morgan fingerprint density at radius 1 is 1.17 bits per heavy atom. The second-order valence-corrected chi connectivity index (χ2v) is 8.26. The summed E-state index contributed by atoms with van der Waals surface area (Å²) in [5, 5.41) is 0.513. The van der Waals surface area contributed by atoms with E-state index in [0.717, 1.165) is 6.26 Å². The first kappa shape index (κ1) is 16.9. The summed E-state index contributed by atoms with van der Waals surface area (Å²) < 4.78 is 23.8. The van der Waals surface area contributed by atoms with E-state index in [2.05, 4.69) is 4.98 Å². The molecule has 6 nitrogen and oxygen atoms in total. The highest BCUT2D eigenvalue weighted by Gasteiger charge is 2.38. The van der Waals surface area contributed by atoms with Crippen LogP contribution in [-0.4, -0.2) is 37.0 Å². The van der Waals surface area contributed by atoms with Crippen molar-refractivity contribution >= 4 is 49.6 Å². The molecular weight excluding hydrogens is 354 g/mol. The van der Waals surface area contributed by atoms with Gasteiger partial charge >= 0.3 is 0 Å². The second kappa shape index (κ2) is 5.82. The van der Waals surface area contributed by atoms with Crippen molar-refractivity contribution in [1.82, 2.24) is 4.98 Å². The van der Waals surface area contributed by atoms with E-state index in [1.165, 1.54) is 18.5 Å². The molecule has 0 aliphatic heterocycles. The van der Waals surface area contributed by atoms with Crippen LogP contribution in [0.2, 0.25) is 5.02 Å². The SMILES string of the molecule is CS(=O)(=O)c1cc(Cl)c(C(=O)C2C(=O)CCCC2=O)c2c[nH]cc12. The predicted molar refractivity (Wildman–Crippen MR) is 88.1 cm³/mol. The monoisotopic (exact) mass is 367 g/mol. The van der Waals surface area contributed by atoms with Crippen molar-refractivity contribution in [3.8, 4) is 0 Å². The molecule has 0 saturated heterocycles. The molecule has 1 fully saturated rings. The minimum Gasteiger partial charge on any atom is -0.366 e. The van der Waals surface area contributed by atoms with Crippen molar-refractivity contribution in [2.75, 3.05) is 6.26 Å². The Labute approximate surface area is 143 Å². The molecule has 0 atom stereocenters. The topological polar surface area (TPSA) is 101 Å². The average Bonchev–Trinajstić information content (AvgIpc) is 2.93. The van der Waals surface area contributed by atoms with Crippen LogP contribution >= 0.6 is 11.6 Å². The molecule has 1 aromatic carbocycles. The summed E-state index contributed by atoms with van der Waals surface area (Å²) in [5.41, 5.74) is 0.00826. The molecule has 8 heteroatoms. The molecule has 24 heavy (non-hydrogen) atoms. The number of Topliss-reactive ketones (excluding diaryl/α,β-unsaturated/α-hetero) is 3. The molecule has 0 bridgehead atoms. The number of hydrogen-bond acceptors (Lipinski definition) is 5. The lowest BCUT2D eigenvalue weighted by molar-refractivity contribution is -0.133. The van der Waals surface area contributed by atoms with Gasteiger partial charge in [0.05, 0.1) is 9.92 Å². The largest absolute Gasteiger partial charge is 0.366 e. The first-order chi connectivity index (χ1) is 11.2. The van der Waals surface area contributed by atoms with Gasteiger partial charge in [-0.1, -0.05) is 11.6 Å². The number of carbonyl (C=O) groups excluding carboxylic acids is 3. The van der Waals surface area contributed by atoms with Crippen LogP contribution in [-0.2, 0) is 19.4 Å². The van der Waals surface area contributed by atoms with Gasteiger partial charge in [-0.05, 0) is 12.5 Å². The molecule has 1 saturated carbocycles. The predicted octanol–water partition coefficient (Wildman–Crippen LogP) is 2.35. The molecule has 1 aromatic heterocycles. The number of rotatable bonds is 3. The summed E-state index contributed by atoms with van der Waals surface area (Å²) in [6.07, 6.45) is 4.74. The maximum absolute atomic E-state index is 12.8. The van der Waals surface area contributed by atoms with Crippen LogP contribution < -0.4 is 0 Å². The number of fused-ring (bicyclic) bond motifs is 1. The Bertz CT molecular complexity index is 973. The molecule has 1 N–H and O–H groups in total. The average molecular weight is 368 g/mol. The third-order valence-electron chi connectivity index (χ3n) is 4.18. The number of H-pyrrole nitrogens is 1. The van der Waals surface area contributed by atoms with Crippen molar-refractivity contribution in [3.63, 3.8) is 0 Å². The number of nitrogens with one attached hydrogen (secondary N) is 1. The summed E-state index contributed by atoms with van der Waals surface area (Å²) in [5.74, 6) is -2.84. The zero-order valence-corrected chi connectivity index (χ0v) is 14.3. The number of aromatic nitrogens is 1. The van der Waals surface area contributed by atoms with Gasteiger partial charge in [0.2, 0.25) is 0 Å². The van der Waals surface area contributed by atoms with Crippen LogP contribution in [0.3, 0.4) is 0 Å². The molecule has 1 aliphatic carbocycles. The van der Waals surface area contributed by atoms with Gasteiger partial charge in [0.15, 0.2) is 27.2 Å². The molecule has 3 rings (SSSR count). The smallest absolute Gasteiger partial charge is 0.182 e. The molecule has 2 aromatic rings. The number of hydrogen-bond donors (Lipinski definition) is 1. The third kappa shape index (κ3) is 2.67. The molecule has 0 radical (unpaired) electrons. The van der Waals surface area contributed by atoms with Gasteiger partial charge < -0.3 is 4.98 Å². The van der Waals surface area contributed by atoms with Crippen molar-refractivity contribution in [1.29, 1.82) is 0 Å². The first-order valence-corrected chi connectivity index (χ1v) is 9.57. The van der Waals surface area contributed by atoms with E-state index in [1.54, 1.807) is 0 Å². The maximum atomic E-state index is 12.8. The Hall–Kier alpha value is -1.99. The molecule has 126 valence electrons. The van der Waals surface area contributed by atoms with Crippen LogP contribution in [0.4, 0.5) is 0 Å². The summed E-state index contributed by atoms with van der Waals surface area (Å²) in [7, 11) is -3.56. The Balaban J connectivity index is 2.22. The molecule has 0 unspecified atom stereocenters. The van der Waals surface area contributed by atoms with E-state index < -0.39 is 33.1 Å². The quantitative estimate of drug-likeness (QED) is 0.662. The molecule has 1 aliphatic rings. The van der Waals surface area contributed by atoms with Crippen molar-refractivity contribution in [2.24, 2.45) is 5.92 Å². The fourth-order valence-corrected chi connectivity index (χ4v) is 4.34. The molecular formula is C16H14ClNO5S. The maximum Gasteiger partial charge on any atom is 0.182 e. The lowest BCUT2D eigenvalue weighted by atomic mass is 9.81. The second-order valence-electron chi connectivity index (χ2n) is 5.87. The minimum atomic E-state index is -3.56. The van der Waals surface area contributed by atoms with Crippen LogP contribution in [0, 0.1) is 5.92 Å². The third-order valence-corrected chi connectivity index (χ3v) is 5.61. The number of benzene rings is 1. The van der Waals surface area contributed by atoms with Crippen LogP contribution in [0.5, 0.6) is 0 Å². The number of aromatic amines is 1. The van der Waals surface area contributed by atoms with E-state index in [0.29, 0.717) is 17.2 Å². The summed E-state index contributed by atoms with van der Waals surface area (Å²) in [6.45, 7) is 0. The Morgan fingerprint density at radius 3 is 2.33 bits per heavy atom. The van der Waals surface area contributed by atoms with Crippen LogP contribution in [0.1, 0.15) is 29.6 Å². The van der Waals surface area contributed by atoms with Gasteiger partial charge in [-0.2, -0.15) is 0 Å². The number of halogens is 1. The fourth-order valence-electron chi connectivity index (χ4n) is 3.07. The summed E-state index contributed by atoms with van der Waals surface area (Å²) >= 11 is 6.16. The lowest BCUT2D eigenvalue weighted by Gasteiger charge is -2.19. The van der Waals surface area contributed by atoms with Crippen LogP contribution in [0.25, 0.3) is 10.8 Å². The van der Waals surface area contributed by atoms with Crippen molar-refractivity contribution in [3.05, 3.63) is 29.0 Å². The standard InChI is InChI=1S/C16H14ClNO5S/c1-24(22,23)13-5-10(17)14(9-7-18-6-8(9)13)16(21)15-11(19)3-2-4-12(15)20/h5-7,15,18H,2-4H2,1H3. The van der Waals surface area contributed by atoms with Gasteiger partial charge in [-0.3, -0.25) is 14.4 Å². The van der Waals surface area contributed by atoms with Gasteiger partial charge in [0.1, 0.15) is 5.92 Å². The zero-order chi connectivity index (χ0) is 17.6.